The minimum absolute atomic E-state index is 0.128. The van der Waals surface area contributed by atoms with Crippen LogP contribution in [0.1, 0.15) is 31.0 Å². The smallest absolute Gasteiger partial charge is 0.123 e. The number of aryl methyl sites for hydroxylation is 1. The standard InChI is InChI=1S/C15H23FN2O/c1-11-8-12(16)4-5-13(11)14(9-17)18-6-7-19-15(2,3)10-18/h4-5,8,14H,6-7,9-10,17H2,1-3H3. The van der Waals surface area contributed by atoms with Crippen molar-refractivity contribution in [1.82, 2.24) is 4.90 Å². The van der Waals surface area contributed by atoms with Crippen LogP contribution >= 0.6 is 0 Å². The van der Waals surface area contributed by atoms with Crippen LogP contribution in [0.25, 0.3) is 0 Å². The highest BCUT2D eigenvalue weighted by Gasteiger charge is 2.31. The fraction of sp³-hybridized carbons (Fsp3) is 0.600. The van der Waals surface area contributed by atoms with Crippen LogP contribution in [0.5, 0.6) is 0 Å². The molecule has 1 saturated heterocycles. The van der Waals surface area contributed by atoms with Gasteiger partial charge in [0.05, 0.1) is 12.2 Å². The average Bonchev–Trinajstić information content (AvgIpc) is 2.31. The van der Waals surface area contributed by atoms with Gasteiger partial charge in [-0.25, -0.2) is 4.39 Å². The average molecular weight is 266 g/mol. The third-order valence-corrected chi connectivity index (χ3v) is 3.71. The molecule has 1 heterocycles. The highest BCUT2D eigenvalue weighted by molar-refractivity contribution is 5.30. The largest absolute Gasteiger partial charge is 0.373 e. The summed E-state index contributed by atoms with van der Waals surface area (Å²) in [6.45, 7) is 9.06. The molecule has 0 bridgehead atoms. The number of hydrogen-bond donors (Lipinski definition) is 1. The van der Waals surface area contributed by atoms with Crippen LogP contribution in [-0.2, 0) is 4.74 Å². The lowest BCUT2D eigenvalue weighted by atomic mass is 9.97. The summed E-state index contributed by atoms with van der Waals surface area (Å²) in [4.78, 5) is 2.34. The van der Waals surface area contributed by atoms with Crippen LogP contribution in [-0.4, -0.2) is 36.7 Å². The second-order valence-electron chi connectivity index (χ2n) is 5.83. The molecule has 0 aliphatic carbocycles. The van der Waals surface area contributed by atoms with E-state index in [2.05, 4.69) is 18.7 Å². The molecule has 0 spiro atoms. The molecular formula is C15H23FN2O. The number of hydrogen-bond acceptors (Lipinski definition) is 3. The van der Waals surface area contributed by atoms with Crippen molar-refractivity contribution >= 4 is 0 Å². The van der Waals surface area contributed by atoms with Crippen LogP contribution in [0.3, 0.4) is 0 Å². The molecule has 2 N–H and O–H groups in total. The molecule has 1 fully saturated rings. The molecule has 4 heteroatoms. The van der Waals surface area contributed by atoms with Crippen molar-refractivity contribution in [3.63, 3.8) is 0 Å². The lowest BCUT2D eigenvalue weighted by molar-refractivity contribution is -0.0968. The Balaban J connectivity index is 2.24. The molecule has 0 amide bonds. The molecule has 3 nitrogen and oxygen atoms in total. The number of rotatable bonds is 3. The molecule has 106 valence electrons. The Morgan fingerprint density at radius 2 is 2.21 bits per heavy atom. The minimum Gasteiger partial charge on any atom is -0.373 e. The van der Waals surface area contributed by atoms with Crippen molar-refractivity contribution in [2.24, 2.45) is 5.73 Å². The summed E-state index contributed by atoms with van der Waals surface area (Å²) in [7, 11) is 0. The van der Waals surface area contributed by atoms with E-state index < -0.39 is 0 Å². The minimum atomic E-state index is -0.195. The van der Waals surface area contributed by atoms with Crippen molar-refractivity contribution < 1.29 is 9.13 Å². The second-order valence-corrected chi connectivity index (χ2v) is 5.83. The molecule has 19 heavy (non-hydrogen) atoms. The summed E-state index contributed by atoms with van der Waals surface area (Å²) in [5.74, 6) is -0.195. The van der Waals surface area contributed by atoms with E-state index in [-0.39, 0.29) is 17.5 Å². The fourth-order valence-electron chi connectivity index (χ4n) is 2.80. The third-order valence-electron chi connectivity index (χ3n) is 3.71. The second kappa shape index (κ2) is 5.57. The lowest BCUT2D eigenvalue weighted by Crippen LogP contribution is -2.50. The normalized spacial score (nSPS) is 21.3. The van der Waals surface area contributed by atoms with Gasteiger partial charge in [-0.1, -0.05) is 6.07 Å². The number of nitrogens with two attached hydrogens (primary N) is 1. The van der Waals surface area contributed by atoms with Gasteiger partial charge in [0.1, 0.15) is 5.82 Å². The molecule has 1 aromatic carbocycles. The first kappa shape index (κ1) is 14.4. The maximum Gasteiger partial charge on any atom is 0.123 e. The van der Waals surface area contributed by atoms with Gasteiger partial charge in [0.2, 0.25) is 0 Å². The molecule has 1 unspecified atom stereocenters. The Kier molecular flexibility index (Phi) is 4.23. The van der Waals surface area contributed by atoms with Crippen molar-refractivity contribution in [2.45, 2.75) is 32.4 Å². The molecule has 1 aromatic rings. The number of nitrogens with zero attached hydrogens (tertiary/aromatic N) is 1. The summed E-state index contributed by atoms with van der Waals surface area (Å²) in [5, 5.41) is 0. The summed E-state index contributed by atoms with van der Waals surface area (Å²) in [6.07, 6.45) is 0. The highest BCUT2D eigenvalue weighted by Crippen LogP contribution is 2.28. The van der Waals surface area contributed by atoms with E-state index in [4.69, 9.17) is 10.5 Å². The predicted octanol–water partition coefficient (Wildman–Crippen LogP) is 2.24. The van der Waals surface area contributed by atoms with Gasteiger partial charge in [0.25, 0.3) is 0 Å². The maximum atomic E-state index is 13.2. The summed E-state index contributed by atoms with van der Waals surface area (Å²) >= 11 is 0. The number of benzene rings is 1. The van der Waals surface area contributed by atoms with Gasteiger partial charge in [-0.05, 0) is 44.0 Å². The van der Waals surface area contributed by atoms with E-state index in [1.165, 1.54) is 6.07 Å². The molecule has 1 aliphatic heterocycles. The fourth-order valence-corrected chi connectivity index (χ4v) is 2.80. The Morgan fingerprint density at radius 3 is 2.79 bits per heavy atom. The molecule has 0 saturated carbocycles. The van der Waals surface area contributed by atoms with E-state index >= 15 is 0 Å². The van der Waals surface area contributed by atoms with Crippen molar-refractivity contribution in [1.29, 1.82) is 0 Å². The summed E-state index contributed by atoms with van der Waals surface area (Å²) < 4.78 is 18.9. The van der Waals surface area contributed by atoms with E-state index in [0.717, 1.165) is 24.2 Å². The van der Waals surface area contributed by atoms with Crippen LogP contribution in [0.2, 0.25) is 0 Å². The molecule has 0 radical (unpaired) electrons. The van der Waals surface area contributed by atoms with Crippen molar-refractivity contribution in [3.05, 3.63) is 35.1 Å². The summed E-state index contributed by atoms with van der Waals surface area (Å²) in [5.41, 5.74) is 7.87. The maximum absolute atomic E-state index is 13.2. The van der Waals surface area contributed by atoms with Gasteiger partial charge in [-0.3, -0.25) is 4.90 Å². The zero-order valence-corrected chi connectivity index (χ0v) is 11.9. The summed E-state index contributed by atoms with van der Waals surface area (Å²) in [6, 6.07) is 5.06. The van der Waals surface area contributed by atoms with E-state index in [0.29, 0.717) is 13.2 Å². The quantitative estimate of drug-likeness (QED) is 0.912. The van der Waals surface area contributed by atoms with Gasteiger partial charge in [0, 0.05) is 25.7 Å². The van der Waals surface area contributed by atoms with Crippen molar-refractivity contribution in [2.75, 3.05) is 26.2 Å². The topological polar surface area (TPSA) is 38.5 Å². The molecule has 1 aliphatic rings. The number of morpholine rings is 1. The first-order chi connectivity index (χ1) is 8.93. The highest BCUT2D eigenvalue weighted by atomic mass is 19.1. The van der Waals surface area contributed by atoms with Crippen LogP contribution in [0.4, 0.5) is 4.39 Å². The van der Waals surface area contributed by atoms with Gasteiger partial charge in [-0.15, -0.1) is 0 Å². The Hall–Kier alpha value is -0.970. The van der Waals surface area contributed by atoms with Gasteiger partial charge >= 0.3 is 0 Å². The van der Waals surface area contributed by atoms with Crippen LogP contribution in [0.15, 0.2) is 18.2 Å². The van der Waals surface area contributed by atoms with Crippen LogP contribution in [0, 0.1) is 12.7 Å². The molecule has 2 rings (SSSR count). The Morgan fingerprint density at radius 1 is 1.47 bits per heavy atom. The van der Waals surface area contributed by atoms with E-state index in [1.807, 2.05) is 13.0 Å². The Bertz CT molecular complexity index is 448. The zero-order valence-electron chi connectivity index (χ0n) is 11.9. The van der Waals surface area contributed by atoms with Gasteiger partial charge in [0.15, 0.2) is 0 Å². The van der Waals surface area contributed by atoms with E-state index in [9.17, 15) is 4.39 Å². The number of ether oxygens (including phenoxy) is 1. The van der Waals surface area contributed by atoms with Crippen molar-refractivity contribution in [3.8, 4) is 0 Å². The van der Waals surface area contributed by atoms with Crippen LogP contribution < -0.4 is 5.73 Å². The van der Waals surface area contributed by atoms with E-state index in [1.54, 1.807) is 6.07 Å². The first-order valence-corrected chi connectivity index (χ1v) is 6.77. The molecule has 0 aromatic heterocycles. The monoisotopic (exact) mass is 266 g/mol. The Labute approximate surface area is 114 Å². The lowest BCUT2D eigenvalue weighted by Gasteiger charge is -2.42. The molecular weight excluding hydrogens is 243 g/mol. The first-order valence-electron chi connectivity index (χ1n) is 6.77. The molecule has 1 atom stereocenters. The van der Waals surface area contributed by atoms with Gasteiger partial charge < -0.3 is 10.5 Å². The zero-order chi connectivity index (χ0) is 14.0. The number of halogens is 1. The van der Waals surface area contributed by atoms with Gasteiger partial charge in [-0.2, -0.15) is 0 Å². The SMILES string of the molecule is Cc1cc(F)ccc1C(CN)N1CCOC(C)(C)C1. The third kappa shape index (κ3) is 3.32. The predicted molar refractivity (Wildman–Crippen MR) is 74.5 cm³/mol.